The molecule has 0 spiro atoms. The van der Waals surface area contributed by atoms with Crippen LogP contribution < -0.4 is 10.0 Å². The van der Waals surface area contributed by atoms with Gasteiger partial charge in [0, 0.05) is 6.04 Å². The zero-order valence-corrected chi connectivity index (χ0v) is 12.4. The molecule has 1 saturated heterocycles. The molecule has 106 valence electrons. The van der Waals surface area contributed by atoms with Gasteiger partial charge in [-0.25, -0.2) is 13.1 Å². The maximum Gasteiger partial charge on any atom is 0.212 e. The highest BCUT2D eigenvalue weighted by Gasteiger charge is 2.37. The molecule has 18 heavy (non-hydrogen) atoms. The van der Waals surface area contributed by atoms with Crippen molar-refractivity contribution < 1.29 is 8.42 Å². The summed E-state index contributed by atoms with van der Waals surface area (Å²) in [4.78, 5) is 0. The van der Waals surface area contributed by atoms with Crippen LogP contribution in [0.2, 0.25) is 0 Å². The molecule has 0 aromatic carbocycles. The van der Waals surface area contributed by atoms with Crippen LogP contribution in [0.3, 0.4) is 0 Å². The molecule has 4 nitrogen and oxygen atoms in total. The van der Waals surface area contributed by atoms with Crippen molar-refractivity contribution >= 4 is 10.0 Å². The maximum atomic E-state index is 12.2. The van der Waals surface area contributed by atoms with E-state index in [4.69, 9.17) is 0 Å². The Bertz CT molecular complexity index is 372. The van der Waals surface area contributed by atoms with Crippen LogP contribution in [0, 0.1) is 11.3 Å². The number of hydrogen-bond donors (Lipinski definition) is 2. The van der Waals surface area contributed by atoms with E-state index in [-0.39, 0.29) is 11.5 Å². The quantitative estimate of drug-likeness (QED) is 0.816. The molecule has 1 saturated carbocycles. The molecule has 0 amide bonds. The fourth-order valence-electron chi connectivity index (χ4n) is 3.17. The molecule has 0 bridgehead atoms. The average Bonchev–Trinajstić information content (AvgIpc) is 2.58. The third kappa shape index (κ3) is 3.68. The van der Waals surface area contributed by atoms with Gasteiger partial charge in [-0.05, 0) is 50.1 Å². The summed E-state index contributed by atoms with van der Waals surface area (Å²) in [5.74, 6) is 0.634. The van der Waals surface area contributed by atoms with Crippen LogP contribution in [-0.2, 0) is 10.0 Å². The summed E-state index contributed by atoms with van der Waals surface area (Å²) in [6.45, 7) is 6.24. The molecule has 1 unspecified atom stereocenters. The van der Waals surface area contributed by atoms with Crippen molar-refractivity contribution in [3.05, 3.63) is 0 Å². The Morgan fingerprint density at radius 1 is 1.22 bits per heavy atom. The number of rotatable bonds is 4. The van der Waals surface area contributed by atoms with Crippen LogP contribution >= 0.6 is 0 Å². The Labute approximate surface area is 111 Å². The Hall–Kier alpha value is -0.130. The molecule has 0 radical (unpaired) electrons. The predicted octanol–water partition coefficient (Wildman–Crippen LogP) is 1.48. The van der Waals surface area contributed by atoms with Gasteiger partial charge >= 0.3 is 0 Å². The number of hydrogen-bond acceptors (Lipinski definition) is 3. The minimum atomic E-state index is -3.11. The van der Waals surface area contributed by atoms with Gasteiger partial charge in [-0.2, -0.15) is 0 Å². The molecular weight excluding hydrogens is 248 g/mol. The lowest BCUT2D eigenvalue weighted by Crippen LogP contribution is -2.44. The van der Waals surface area contributed by atoms with Crippen molar-refractivity contribution in [2.24, 2.45) is 11.3 Å². The lowest BCUT2D eigenvalue weighted by atomic mass is 9.88. The van der Waals surface area contributed by atoms with E-state index in [1.54, 1.807) is 0 Å². The monoisotopic (exact) mass is 274 g/mol. The molecule has 2 rings (SSSR count). The third-order valence-electron chi connectivity index (χ3n) is 4.49. The maximum absolute atomic E-state index is 12.2. The summed E-state index contributed by atoms with van der Waals surface area (Å²) >= 11 is 0. The van der Waals surface area contributed by atoms with Gasteiger partial charge in [-0.1, -0.05) is 20.3 Å². The lowest BCUT2D eigenvalue weighted by molar-refractivity contribution is 0.311. The first-order valence-corrected chi connectivity index (χ1v) is 8.75. The van der Waals surface area contributed by atoms with Gasteiger partial charge in [-0.3, -0.25) is 0 Å². The van der Waals surface area contributed by atoms with Gasteiger partial charge in [0.1, 0.15) is 0 Å². The van der Waals surface area contributed by atoms with Crippen molar-refractivity contribution in [3.8, 4) is 0 Å². The Morgan fingerprint density at radius 3 is 2.44 bits per heavy atom. The van der Waals surface area contributed by atoms with E-state index in [1.165, 1.54) is 0 Å². The van der Waals surface area contributed by atoms with Crippen LogP contribution in [0.1, 0.15) is 46.0 Å². The van der Waals surface area contributed by atoms with Gasteiger partial charge in [0.2, 0.25) is 10.0 Å². The molecular formula is C13H26N2O2S. The van der Waals surface area contributed by atoms with Crippen molar-refractivity contribution in [1.29, 1.82) is 0 Å². The second-order valence-corrected chi connectivity index (χ2v) is 8.32. The van der Waals surface area contributed by atoms with E-state index in [0.29, 0.717) is 11.7 Å². The van der Waals surface area contributed by atoms with Crippen LogP contribution in [0.4, 0.5) is 0 Å². The van der Waals surface area contributed by atoms with E-state index >= 15 is 0 Å². The van der Waals surface area contributed by atoms with Gasteiger partial charge in [-0.15, -0.1) is 0 Å². The first-order chi connectivity index (χ1) is 8.39. The predicted molar refractivity (Wildman–Crippen MR) is 73.9 cm³/mol. The van der Waals surface area contributed by atoms with Crippen LogP contribution in [-0.4, -0.2) is 33.3 Å². The molecule has 0 aromatic heterocycles. The summed E-state index contributed by atoms with van der Waals surface area (Å²) in [5.41, 5.74) is 0.112. The van der Waals surface area contributed by atoms with Crippen molar-refractivity contribution in [1.82, 2.24) is 10.0 Å². The fraction of sp³-hybridized carbons (Fsp3) is 1.00. The van der Waals surface area contributed by atoms with Crippen LogP contribution in [0.25, 0.3) is 0 Å². The normalized spacial score (nSPS) is 29.6. The standard InChI is InChI=1S/C13H26N2O2S/c1-13(2)7-3-4-12(13)15-18(16,17)10-11-5-8-14-9-6-11/h11-12,14-15H,3-10H2,1-2H3. The minimum absolute atomic E-state index is 0.112. The van der Waals surface area contributed by atoms with E-state index in [0.717, 1.165) is 45.2 Å². The average molecular weight is 274 g/mol. The molecule has 1 aliphatic carbocycles. The van der Waals surface area contributed by atoms with Crippen molar-refractivity contribution in [2.75, 3.05) is 18.8 Å². The molecule has 2 fully saturated rings. The highest BCUT2D eigenvalue weighted by Crippen LogP contribution is 2.37. The summed E-state index contributed by atoms with van der Waals surface area (Å²) in [5, 5.41) is 3.27. The molecule has 5 heteroatoms. The zero-order chi connectivity index (χ0) is 13.2. The molecule has 1 heterocycles. The Balaban J connectivity index is 1.90. The number of nitrogens with one attached hydrogen (secondary N) is 2. The van der Waals surface area contributed by atoms with Crippen molar-refractivity contribution in [3.63, 3.8) is 0 Å². The van der Waals surface area contributed by atoms with Gasteiger partial charge in [0.25, 0.3) is 0 Å². The summed E-state index contributed by atoms with van der Waals surface area (Å²) in [6, 6.07) is 0.129. The topological polar surface area (TPSA) is 58.2 Å². The molecule has 0 aromatic rings. The molecule has 2 N–H and O–H groups in total. The summed E-state index contributed by atoms with van der Waals surface area (Å²) in [7, 11) is -3.11. The Kier molecular flexibility index (Phi) is 4.34. The highest BCUT2D eigenvalue weighted by atomic mass is 32.2. The van der Waals surface area contributed by atoms with E-state index in [2.05, 4.69) is 23.9 Å². The summed E-state index contributed by atoms with van der Waals surface area (Å²) < 4.78 is 27.4. The third-order valence-corrected chi connectivity index (χ3v) is 6.05. The second kappa shape index (κ2) is 5.47. The number of sulfonamides is 1. The first-order valence-electron chi connectivity index (χ1n) is 7.10. The lowest BCUT2D eigenvalue weighted by Gasteiger charge is -2.29. The number of piperidine rings is 1. The van der Waals surface area contributed by atoms with E-state index in [1.807, 2.05) is 0 Å². The smallest absolute Gasteiger partial charge is 0.212 e. The van der Waals surface area contributed by atoms with E-state index in [9.17, 15) is 8.42 Å². The molecule has 1 aliphatic heterocycles. The van der Waals surface area contributed by atoms with Crippen LogP contribution in [0.15, 0.2) is 0 Å². The second-order valence-electron chi connectivity index (χ2n) is 6.53. The van der Waals surface area contributed by atoms with Crippen molar-refractivity contribution in [2.45, 2.75) is 52.0 Å². The molecule has 2 aliphatic rings. The van der Waals surface area contributed by atoms with Gasteiger partial charge in [0.15, 0.2) is 0 Å². The van der Waals surface area contributed by atoms with E-state index < -0.39 is 10.0 Å². The minimum Gasteiger partial charge on any atom is -0.317 e. The Morgan fingerprint density at radius 2 is 1.89 bits per heavy atom. The van der Waals surface area contributed by atoms with Gasteiger partial charge < -0.3 is 5.32 Å². The first kappa shape index (κ1) is 14.3. The molecule has 1 atom stereocenters. The fourth-order valence-corrected chi connectivity index (χ4v) is 5.09. The van der Waals surface area contributed by atoms with Gasteiger partial charge in [0.05, 0.1) is 5.75 Å². The SMILES string of the molecule is CC1(C)CCCC1NS(=O)(=O)CC1CCNCC1. The summed E-state index contributed by atoms with van der Waals surface area (Å²) in [6.07, 6.45) is 5.20. The van der Waals surface area contributed by atoms with Crippen LogP contribution in [0.5, 0.6) is 0 Å². The zero-order valence-electron chi connectivity index (χ0n) is 11.5. The highest BCUT2D eigenvalue weighted by molar-refractivity contribution is 7.89. The largest absolute Gasteiger partial charge is 0.317 e.